The first kappa shape index (κ1) is 26.2. The van der Waals surface area contributed by atoms with E-state index in [2.05, 4.69) is 20.3 Å². The second-order valence-electron chi connectivity index (χ2n) is 10.4. The minimum Gasteiger partial charge on any atom is -0.480 e. The highest BCUT2D eigenvalue weighted by Gasteiger charge is 2.47. The molecule has 1 aliphatic heterocycles. The molecule has 3 N–H and O–H groups in total. The molecule has 13 heteroatoms. The van der Waals surface area contributed by atoms with E-state index in [-0.39, 0.29) is 55.7 Å². The van der Waals surface area contributed by atoms with Crippen LogP contribution in [-0.2, 0) is 15.1 Å². The van der Waals surface area contributed by atoms with Gasteiger partial charge in [0.1, 0.15) is 11.4 Å². The molecule has 2 aromatic rings. The summed E-state index contributed by atoms with van der Waals surface area (Å²) in [4.78, 5) is 13.0. The number of aliphatic hydroxyl groups excluding tert-OH is 1. The van der Waals surface area contributed by atoms with Crippen molar-refractivity contribution in [2.24, 2.45) is 0 Å². The van der Waals surface area contributed by atoms with Gasteiger partial charge in [0, 0.05) is 28.5 Å². The Morgan fingerprint density at radius 1 is 1.19 bits per heavy atom. The lowest BCUT2D eigenvalue weighted by Gasteiger charge is -2.42. The second-order valence-corrected chi connectivity index (χ2v) is 10.9. The molecule has 1 aromatic heterocycles. The number of aliphatic hydroxyl groups is 2. The molecule has 2 aliphatic carbocycles. The summed E-state index contributed by atoms with van der Waals surface area (Å²) >= 11 is 5.99. The molecule has 2 fully saturated rings. The van der Waals surface area contributed by atoms with E-state index >= 15 is 0 Å². The fraction of sp³-hybridized carbons (Fsp3) is 0.625. The van der Waals surface area contributed by atoms with Crippen LogP contribution in [0.5, 0.6) is 5.75 Å². The fourth-order valence-corrected chi connectivity index (χ4v) is 5.33. The number of hydrogen-bond acceptors (Lipinski definition) is 8. The summed E-state index contributed by atoms with van der Waals surface area (Å²) in [5.74, 6) is -0.112. The molecule has 0 spiro atoms. The van der Waals surface area contributed by atoms with E-state index in [0.29, 0.717) is 29.2 Å². The van der Waals surface area contributed by atoms with Gasteiger partial charge in [0.2, 0.25) is 11.8 Å². The number of carbonyl (C=O) groups is 1. The first-order valence-electron chi connectivity index (χ1n) is 12.1. The van der Waals surface area contributed by atoms with Crippen molar-refractivity contribution in [1.29, 1.82) is 0 Å². The molecule has 0 unspecified atom stereocenters. The Balaban J connectivity index is 1.16. The molecule has 0 saturated heterocycles. The average Bonchev–Trinajstić information content (AvgIpc) is 3.28. The predicted molar refractivity (Wildman–Crippen MR) is 122 cm³/mol. The molecule has 9 nitrogen and oxygen atoms in total. The van der Waals surface area contributed by atoms with Crippen molar-refractivity contribution < 1.29 is 42.1 Å². The van der Waals surface area contributed by atoms with Crippen LogP contribution in [0.3, 0.4) is 0 Å². The van der Waals surface area contributed by atoms with Gasteiger partial charge in [-0.3, -0.25) is 9.53 Å². The number of benzene rings is 1. The quantitative estimate of drug-likeness (QED) is 0.514. The lowest BCUT2D eigenvalue weighted by molar-refractivity contribution is -0.352. The minimum absolute atomic E-state index is 0.0186. The summed E-state index contributed by atoms with van der Waals surface area (Å²) in [5, 5.41) is 33.0. The number of hydrogen-bond donors (Lipinski definition) is 3. The molecule has 0 bridgehead atoms. The Bertz CT molecular complexity index is 1160. The zero-order chi connectivity index (χ0) is 26.6. The highest BCUT2D eigenvalue weighted by Crippen LogP contribution is 2.44. The van der Waals surface area contributed by atoms with Gasteiger partial charge in [-0.1, -0.05) is 11.6 Å². The smallest absolute Gasteiger partial charge is 0.480 e. The molecule has 5 rings (SSSR count). The van der Waals surface area contributed by atoms with Crippen LogP contribution in [0.1, 0.15) is 81.2 Å². The summed E-state index contributed by atoms with van der Waals surface area (Å²) in [7, 11) is 0. The number of fused-ring (bicyclic) bond motifs is 1. The predicted octanol–water partition coefficient (Wildman–Crippen LogP) is 4.03. The Kier molecular flexibility index (Phi) is 6.66. The van der Waals surface area contributed by atoms with Gasteiger partial charge in [0.05, 0.1) is 12.2 Å². The largest absolute Gasteiger partial charge is 0.522 e. The second kappa shape index (κ2) is 9.40. The summed E-state index contributed by atoms with van der Waals surface area (Å²) in [6.07, 6.45) is -5.83. The number of carbonyl (C=O) groups excluding carboxylic acids is 1. The number of rotatable bonds is 5. The van der Waals surface area contributed by atoms with E-state index in [0.717, 1.165) is 0 Å². The Morgan fingerprint density at radius 2 is 1.89 bits per heavy atom. The van der Waals surface area contributed by atoms with Crippen molar-refractivity contribution in [2.75, 3.05) is 0 Å². The molecule has 1 aromatic carbocycles. The van der Waals surface area contributed by atoms with E-state index < -0.39 is 35.8 Å². The van der Waals surface area contributed by atoms with Crippen molar-refractivity contribution in [3.8, 4) is 5.75 Å². The Morgan fingerprint density at radius 3 is 2.57 bits per heavy atom. The maximum absolute atomic E-state index is 13.0. The molecule has 2 saturated carbocycles. The van der Waals surface area contributed by atoms with Gasteiger partial charge < -0.3 is 24.7 Å². The van der Waals surface area contributed by atoms with E-state index in [1.807, 2.05) is 6.92 Å². The molecule has 202 valence electrons. The molecule has 2 atom stereocenters. The van der Waals surface area contributed by atoms with Gasteiger partial charge in [0.25, 0.3) is 5.91 Å². The topological polar surface area (TPSA) is 127 Å². The fourth-order valence-electron chi connectivity index (χ4n) is 5.15. The molecule has 3 aliphatic rings. The highest BCUT2D eigenvalue weighted by atomic mass is 35.5. The number of nitrogens with zero attached hydrogens (tertiary/aromatic N) is 2. The summed E-state index contributed by atoms with van der Waals surface area (Å²) in [6, 6.07) is 4.86. The van der Waals surface area contributed by atoms with Gasteiger partial charge >= 0.3 is 6.36 Å². The van der Waals surface area contributed by atoms with Crippen LogP contribution in [0, 0.1) is 0 Å². The third kappa shape index (κ3) is 5.57. The lowest BCUT2D eigenvalue weighted by atomic mass is 9.74. The number of nitrogens with one attached hydrogen (secondary N) is 1. The zero-order valence-electron chi connectivity index (χ0n) is 19.9. The van der Waals surface area contributed by atoms with Crippen molar-refractivity contribution in [3.63, 3.8) is 0 Å². The molecular weight excluding hydrogens is 519 g/mol. The van der Waals surface area contributed by atoms with Crippen LogP contribution in [0.15, 0.2) is 22.6 Å². The lowest BCUT2D eigenvalue weighted by Crippen LogP contribution is -2.55. The van der Waals surface area contributed by atoms with Crippen LogP contribution in [0.4, 0.5) is 13.2 Å². The third-order valence-corrected chi connectivity index (χ3v) is 7.75. The Labute approximate surface area is 215 Å². The number of halogens is 4. The van der Waals surface area contributed by atoms with E-state index in [9.17, 15) is 28.2 Å². The van der Waals surface area contributed by atoms with Crippen molar-refractivity contribution in [3.05, 3.63) is 40.6 Å². The van der Waals surface area contributed by atoms with Crippen molar-refractivity contribution >= 4 is 17.5 Å². The monoisotopic (exact) mass is 545 g/mol. The average molecular weight is 546 g/mol. The first-order valence-corrected chi connectivity index (χ1v) is 12.5. The van der Waals surface area contributed by atoms with Crippen LogP contribution in [-0.4, -0.2) is 50.4 Å². The van der Waals surface area contributed by atoms with Crippen LogP contribution in [0.2, 0.25) is 5.02 Å². The highest BCUT2D eigenvalue weighted by molar-refractivity contribution is 6.30. The molecule has 0 radical (unpaired) electrons. The van der Waals surface area contributed by atoms with E-state index in [1.165, 1.54) is 0 Å². The molecular formula is C24H27ClF3N3O6. The molecule has 37 heavy (non-hydrogen) atoms. The Hall–Kier alpha value is -2.41. The number of amides is 1. The van der Waals surface area contributed by atoms with Crippen molar-refractivity contribution in [1.82, 2.24) is 15.5 Å². The van der Waals surface area contributed by atoms with Gasteiger partial charge in [-0.15, -0.1) is 23.4 Å². The summed E-state index contributed by atoms with van der Waals surface area (Å²) < 4.78 is 52.5. The third-order valence-electron chi connectivity index (χ3n) is 7.52. The number of ether oxygens (including phenoxy) is 2. The first-order chi connectivity index (χ1) is 17.3. The van der Waals surface area contributed by atoms with Crippen LogP contribution in [0.25, 0.3) is 0 Å². The standard InChI is InChI=1S/C24H27ClF3N3O6/c1-22(29-19(33)18-11-16(32)15-10-13(25)2-3-17(15)35-18)4-6-23(34,7-5-22)21-31-30-20(36-21)12-8-14(9-12)37-24(26,27)28/h2-3,10,12,14,16,18,32,34H,4-9,11H2,1H3,(H,29,33)/t12?,14?,16-,18-,22?,23?/m0/s1. The maximum atomic E-state index is 13.0. The van der Waals surface area contributed by atoms with Crippen molar-refractivity contribution in [2.45, 2.75) is 93.6 Å². The maximum Gasteiger partial charge on any atom is 0.522 e. The van der Waals surface area contributed by atoms with Gasteiger partial charge in [-0.25, -0.2) is 0 Å². The molecule has 1 amide bonds. The zero-order valence-corrected chi connectivity index (χ0v) is 20.7. The summed E-state index contributed by atoms with van der Waals surface area (Å²) in [5.41, 5.74) is -1.51. The minimum atomic E-state index is -4.68. The summed E-state index contributed by atoms with van der Waals surface area (Å²) in [6.45, 7) is 1.87. The number of aromatic nitrogens is 2. The van der Waals surface area contributed by atoms with E-state index in [1.54, 1.807) is 18.2 Å². The van der Waals surface area contributed by atoms with Gasteiger partial charge in [0.15, 0.2) is 6.10 Å². The molecule has 2 heterocycles. The normalized spacial score (nSPS) is 33.7. The van der Waals surface area contributed by atoms with Gasteiger partial charge in [-0.05, 0) is 63.6 Å². The van der Waals surface area contributed by atoms with Gasteiger partial charge in [-0.2, -0.15) is 0 Å². The van der Waals surface area contributed by atoms with Crippen LogP contribution >= 0.6 is 11.6 Å². The van der Waals surface area contributed by atoms with E-state index in [4.69, 9.17) is 20.8 Å². The SMILES string of the molecule is CC1(NC(=O)[C@@H]2C[C@H](O)c3cc(Cl)ccc3O2)CCC(O)(c2nnc(C3CC(OC(F)(F)F)C3)o2)CC1. The van der Waals surface area contributed by atoms with Crippen LogP contribution < -0.4 is 10.1 Å². The number of alkyl halides is 3.